The minimum atomic E-state index is -1.02. The number of aromatic nitrogens is 2. The van der Waals surface area contributed by atoms with E-state index in [-0.39, 0.29) is 22.4 Å². The Morgan fingerprint density at radius 1 is 1.11 bits per heavy atom. The molecule has 2 aromatic rings. The van der Waals surface area contributed by atoms with Crippen LogP contribution in [0.25, 0.3) is 0 Å². The summed E-state index contributed by atoms with van der Waals surface area (Å²) in [5, 5.41) is 17.5. The first-order valence-corrected chi connectivity index (χ1v) is 9.42. The third-order valence-corrected chi connectivity index (χ3v) is 4.97. The number of carboxylic acids is 2. The monoisotopic (exact) mass is 522 g/mol. The fourth-order valence-corrected chi connectivity index (χ4v) is 2.83. The molecule has 0 saturated carbocycles. The molecule has 1 aliphatic heterocycles. The Balaban J connectivity index is 0.000000208. The van der Waals surface area contributed by atoms with Gasteiger partial charge in [0.25, 0.3) is 0 Å². The second-order valence-corrected chi connectivity index (χ2v) is 7.29. The van der Waals surface area contributed by atoms with Crippen molar-refractivity contribution >= 4 is 55.4 Å². The van der Waals surface area contributed by atoms with Crippen LogP contribution < -0.4 is 4.74 Å². The van der Waals surface area contributed by atoms with Gasteiger partial charge in [-0.3, -0.25) is 0 Å². The van der Waals surface area contributed by atoms with Crippen LogP contribution in [-0.2, 0) is 4.74 Å². The maximum absolute atomic E-state index is 10.7. The lowest BCUT2D eigenvalue weighted by Crippen LogP contribution is -2.17. The topological polar surface area (TPSA) is 119 Å². The fourth-order valence-electron chi connectivity index (χ4n) is 1.93. The van der Waals surface area contributed by atoms with Crippen molar-refractivity contribution in [3.8, 4) is 5.88 Å². The standard InChI is InChI=1S/C10H10BrNO4.C6H3BrClNO2/c11-8-3-6(10(13)14)4-12-9(8)16-7-1-2-15-5-7;7-4-1-3(6(10)11)2-9-5(4)8/h3-4,7H,1-2,5H2,(H,13,14);1-2H,(H,10,11). The van der Waals surface area contributed by atoms with Crippen LogP contribution in [0.3, 0.4) is 0 Å². The number of hydrogen-bond donors (Lipinski definition) is 2. The van der Waals surface area contributed by atoms with E-state index in [1.54, 1.807) is 0 Å². The summed E-state index contributed by atoms with van der Waals surface area (Å²) in [5.74, 6) is -1.63. The van der Waals surface area contributed by atoms with Gasteiger partial charge in [0.15, 0.2) is 0 Å². The summed E-state index contributed by atoms with van der Waals surface area (Å²) in [6.45, 7) is 1.24. The van der Waals surface area contributed by atoms with Gasteiger partial charge in [0.1, 0.15) is 11.3 Å². The van der Waals surface area contributed by atoms with E-state index < -0.39 is 11.9 Å². The van der Waals surface area contributed by atoms with E-state index in [9.17, 15) is 9.59 Å². The van der Waals surface area contributed by atoms with E-state index in [0.717, 1.165) is 6.42 Å². The molecule has 27 heavy (non-hydrogen) atoms. The molecule has 0 spiro atoms. The normalized spacial score (nSPS) is 15.6. The Kier molecular flexibility index (Phi) is 7.96. The van der Waals surface area contributed by atoms with Crippen molar-refractivity contribution in [1.82, 2.24) is 9.97 Å². The molecule has 0 bridgehead atoms. The molecule has 1 atom stereocenters. The summed E-state index contributed by atoms with van der Waals surface area (Å²) in [5.41, 5.74) is 0.239. The highest BCUT2D eigenvalue weighted by molar-refractivity contribution is 9.10. The number of carboxylic acid groups (broad SMARTS) is 2. The second kappa shape index (κ2) is 9.98. The molecule has 3 heterocycles. The third-order valence-electron chi connectivity index (χ3n) is 3.26. The van der Waals surface area contributed by atoms with Crippen molar-refractivity contribution < 1.29 is 29.3 Å². The van der Waals surface area contributed by atoms with Crippen LogP contribution in [0.5, 0.6) is 5.88 Å². The molecule has 8 nitrogen and oxygen atoms in total. The zero-order chi connectivity index (χ0) is 20.0. The van der Waals surface area contributed by atoms with E-state index in [4.69, 9.17) is 31.3 Å². The van der Waals surface area contributed by atoms with Gasteiger partial charge in [-0.05, 0) is 44.0 Å². The van der Waals surface area contributed by atoms with Gasteiger partial charge < -0.3 is 19.7 Å². The van der Waals surface area contributed by atoms with Crippen molar-refractivity contribution in [2.24, 2.45) is 0 Å². The van der Waals surface area contributed by atoms with Crippen molar-refractivity contribution in [1.29, 1.82) is 0 Å². The molecule has 1 fully saturated rings. The van der Waals surface area contributed by atoms with E-state index in [0.29, 0.717) is 28.0 Å². The lowest BCUT2D eigenvalue weighted by molar-refractivity contribution is 0.0685. The smallest absolute Gasteiger partial charge is 0.337 e. The quantitative estimate of drug-likeness (QED) is 0.578. The van der Waals surface area contributed by atoms with Crippen LogP contribution in [0, 0.1) is 0 Å². The van der Waals surface area contributed by atoms with Crippen LogP contribution in [-0.4, -0.2) is 51.4 Å². The highest BCUT2D eigenvalue weighted by Crippen LogP contribution is 2.25. The molecule has 2 aromatic heterocycles. The predicted molar refractivity (Wildman–Crippen MR) is 103 cm³/mol. The molecule has 11 heteroatoms. The maximum Gasteiger partial charge on any atom is 0.337 e. The number of ether oxygens (including phenoxy) is 2. The summed E-state index contributed by atoms with van der Waals surface area (Å²) in [7, 11) is 0. The third kappa shape index (κ3) is 6.42. The van der Waals surface area contributed by atoms with Crippen molar-refractivity contribution in [3.05, 3.63) is 49.8 Å². The van der Waals surface area contributed by atoms with E-state index in [2.05, 4.69) is 41.8 Å². The van der Waals surface area contributed by atoms with Crippen LogP contribution in [0.1, 0.15) is 27.1 Å². The van der Waals surface area contributed by atoms with Gasteiger partial charge in [-0.2, -0.15) is 0 Å². The van der Waals surface area contributed by atoms with Gasteiger partial charge in [0.05, 0.1) is 33.3 Å². The van der Waals surface area contributed by atoms with Gasteiger partial charge in [0, 0.05) is 18.8 Å². The van der Waals surface area contributed by atoms with Gasteiger partial charge in [0.2, 0.25) is 5.88 Å². The van der Waals surface area contributed by atoms with Crippen molar-refractivity contribution in [2.45, 2.75) is 12.5 Å². The Labute approximate surface area is 175 Å². The first kappa shape index (κ1) is 21.5. The number of carbonyl (C=O) groups is 2. The summed E-state index contributed by atoms with van der Waals surface area (Å²) >= 11 is 11.8. The lowest BCUT2D eigenvalue weighted by atomic mass is 10.3. The molecule has 1 unspecified atom stereocenters. The number of pyridine rings is 2. The molecule has 2 N–H and O–H groups in total. The van der Waals surface area contributed by atoms with Gasteiger partial charge in [-0.1, -0.05) is 11.6 Å². The Bertz CT molecular complexity index is 846. The largest absolute Gasteiger partial charge is 0.478 e. The van der Waals surface area contributed by atoms with Crippen LogP contribution in [0.4, 0.5) is 0 Å². The zero-order valence-electron chi connectivity index (χ0n) is 13.6. The average Bonchev–Trinajstić information content (AvgIpc) is 3.12. The lowest BCUT2D eigenvalue weighted by Gasteiger charge is -2.12. The fraction of sp³-hybridized carbons (Fsp3) is 0.250. The predicted octanol–water partition coefficient (Wildman–Crippen LogP) is 3.91. The number of aromatic carboxylic acids is 2. The number of rotatable bonds is 4. The minimum Gasteiger partial charge on any atom is -0.478 e. The maximum atomic E-state index is 10.7. The summed E-state index contributed by atoms with van der Waals surface area (Å²) in [4.78, 5) is 28.6. The van der Waals surface area contributed by atoms with Crippen LogP contribution in [0.2, 0.25) is 5.15 Å². The molecule has 3 rings (SSSR count). The highest BCUT2D eigenvalue weighted by Gasteiger charge is 2.19. The van der Waals surface area contributed by atoms with Crippen molar-refractivity contribution in [3.63, 3.8) is 0 Å². The molecule has 0 amide bonds. The first-order valence-electron chi connectivity index (χ1n) is 7.45. The minimum absolute atomic E-state index is 0.000483. The van der Waals surface area contributed by atoms with Crippen LogP contribution >= 0.6 is 43.5 Å². The molecule has 1 aliphatic rings. The zero-order valence-corrected chi connectivity index (χ0v) is 17.5. The van der Waals surface area contributed by atoms with E-state index >= 15 is 0 Å². The van der Waals surface area contributed by atoms with Crippen molar-refractivity contribution in [2.75, 3.05) is 13.2 Å². The van der Waals surface area contributed by atoms with Gasteiger partial charge >= 0.3 is 11.9 Å². The number of nitrogens with zero attached hydrogens (tertiary/aromatic N) is 2. The molecule has 1 saturated heterocycles. The van der Waals surface area contributed by atoms with Gasteiger partial charge in [-0.25, -0.2) is 19.6 Å². The van der Waals surface area contributed by atoms with E-state index in [1.165, 1.54) is 24.5 Å². The molecule has 0 radical (unpaired) electrons. The highest BCUT2D eigenvalue weighted by atomic mass is 79.9. The summed E-state index contributed by atoms with van der Waals surface area (Å²) in [6.07, 6.45) is 3.31. The van der Waals surface area contributed by atoms with Gasteiger partial charge in [-0.15, -0.1) is 0 Å². The first-order chi connectivity index (χ1) is 12.8. The number of hydrogen-bond acceptors (Lipinski definition) is 6. The van der Waals surface area contributed by atoms with Crippen LogP contribution in [0.15, 0.2) is 33.5 Å². The number of halogens is 3. The summed E-state index contributed by atoms with van der Waals surface area (Å²) < 4.78 is 11.8. The second-order valence-electron chi connectivity index (χ2n) is 5.22. The Morgan fingerprint density at radius 2 is 1.70 bits per heavy atom. The molecule has 0 aromatic carbocycles. The molecular formula is C16H13Br2ClN2O6. The summed E-state index contributed by atoms with van der Waals surface area (Å²) in [6, 6.07) is 2.87. The molecule has 0 aliphatic carbocycles. The Hall–Kier alpha value is -1.75. The molecule has 144 valence electrons. The SMILES string of the molecule is O=C(O)c1cnc(Cl)c(Br)c1.O=C(O)c1cnc(OC2CCOC2)c(Br)c1. The molecular weight excluding hydrogens is 511 g/mol. The van der Waals surface area contributed by atoms with E-state index in [1.807, 2.05) is 0 Å². The average molecular weight is 525 g/mol. The Morgan fingerprint density at radius 3 is 2.19 bits per heavy atom.